The van der Waals surface area contributed by atoms with Crippen LogP contribution in [0.5, 0.6) is 11.8 Å². The highest BCUT2D eigenvalue weighted by Crippen LogP contribution is 2.23. The first-order chi connectivity index (χ1) is 16.1. The molecule has 0 saturated carbocycles. The van der Waals surface area contributed by atoms with Crippen LogP contribution < -0.4 is 20.1 Å². The van der Waals surface area contributed by atoms with Crippen LogP contribution in [-0.2, 0) is 0 Å². The number of nitrogens with zero attached hydrogens (tertiary/aromatic N) is 4. The monoisotopic (exact) mass is 450 g/mol. The van der Waals surface area contributed by atoms with Crippen molar-refractivity contribution in [2.24, 2.45) is 0 Å². The van der Waals surface area contributed by atoms with Crippen LogP contribution in [-0.4, -0.2) is 45.2 Å². The Balaban J connectivity index is 1.32. The zero-order valence-corrected chi connectivity index (χ0v) is 17.3. The molecule has 0 saturated heterocycles. The van der Waals surface area contributed by atoms with Gasteiger partial charge >= 0.3 is 11.8 Å². The van der Waals surface area contributed by atoms with Gasteiger partial charge in [0.1, 0.15) is 12.7 Å². The van der Waals surface area contributed by atoms with Gasteiger partial charge < -0.3 is 9.47 Å². The molecule has 0 fully saturated rings. The molecule has 4 aromatic rings. The molecule has 168 valence electrons. The molecule has 0 bridgehead atoms. The summed E-state index contributed by atoms with van der Waals surface area (Å²) in [6, 6.07) is 17.2. The Kier molecular flexibility index (Phi) is 6.54. The minimum Gasteiger partial charge on any atom is -0.469 e. The third kappa shape index (κ3) is 5.50. The summed E-state index contributed by atoms with van der Waals surface area (Å²) in [7, 11) is 0. The lowest BCUT2D eigenvalue weighted by Gasteiger charge is -2.13. The van der Waals surface area contributed by atoms with Gasteiger partial charge in [-0.15, -0.1) is 0 Å². The SMILES string of the molecule is CC(COc1nonc1NC(=O)c1ccccc1)Oc1nonc1NC(=O)c1ccccc1. The van der Waals surface area contributed by atoms with Gasteiger partial charge in [0, 0.05) is 11.1 Å². The van der Waals surface area contributed by atoms with E-state index in [2.05, 4.69) is 40.5 Å². The maximum atomic E-state index is 12.3. The molecule has 2 N–H and O–H groups in total. The molecule has 0 aliphatic carbocycles. The van der Waals surface area contributed by atoms with E-state index >= 15 is 0 Å². The van der Waals surface area contributed by atoms with E-state index in [0.29, 0.717) is 11.1 Å². The van der Waals surface area contributed by atoms with Crippen molar-refractivity contribution in [3.8, 4) is 11.8 Å². The van der Waals surface area contributed by atoms with Crippen molar-refractivity contribution in [3.05, 3.63) is 71.8 Å². The van der Waals surface area contributed by atoms with Crippen LogP contribution in [0, 0.1) is 0 Å². The van der Waals surface area contributed by atoms with Gasteiger partial charge in [-0.2, -0.15) is 0 Å². The lowest BCUT2D eigenvalue weighted by atomic mass is 10.2. The number of carbonyl (C=O) groups is 2. The summed E-state index contributed by atoms with van der Waals surface area (Å²) in [5, 5.41) is 19.7. The lowest BCUT2D eigenvalue weighted by molar-refractivity contribution is 0.101. The molecule has 2 amide bonds. The predicted molar refractivity (Wildman–Crippen MR) is 113 cm³/mol. The largest absolute Gasteiger partial charge is 0.469 e. The number of hydrogen-bond acceptors (Lipinski definition) is 10. The molecule has 0 spiro atoms. The molecule has 0 aliphatic rings. The van der Waals surface area contributed by atoms with Gasteiger partial charge in [0.2, 0.25) is 11.6 Å². The molecule has 2 aromatic carbocycles. The molecule has 1 atom stereocenters. The Bertz CT molecular complexity index is 1210. The summed E-state index contributed by atoms with van der Waals surface area (Å²) < 4.78 is 20.5. The van der Waals surface area contributed by atoms with E-state index in [-0.39, 0.29) is 30.0 Å². The van der Waals surface area contributed by atoms with E-state index in [1.54, 1.807) is 67.6 Å². The Morgan fingerprint density at radius 2 is 1.27 bits per heavy atom. The summed E-state index contributed by atoms with van der Waals surface area (Å²) in [6.45, 7) is 1.68. The van der Waals surface area contributed by atoms with E-state index in [0.717, 1.165) is 0 Å². The van der Waals surface area contributed by atoms with Gasteiger partial charge in [0.05, 0.1) is 0 Å². The van der Waals surface area contributed by atoms with E-state index in [1.807, 2.05) is 0 Å². The topological polar surface area (TPSA) is 154 Å². The van der Waals surface area contributed by atoms with Gasteiger partial charge in [-0.1, -0.05) is 36.4 Å². The second kappa shape index (κ2) is 10.0. The molecule has 12 nitrogen and oxygen atoms in total. The lowest BCUT2D eigenvalue weighted by Crippen LogP contribution is -2.23. The highest BCUT2D eigenvalue weighted by molar-refractivity contribution is 6.04. The number of carbonyl (C=O) groups excluding carboxylic acids is 2. The van der Waals surface area contributed by atoms with E-state index in [9.17, 15) is 9.59 Å². The molecule has 0 aliphatic heterocycles. The van der Waals surface area contributed by atoms with Crippen LogP contribution in [0.4, 0.5) is 11.6 Å². The summed E-state index contributed by atoms with van der Waals surface area (Å²) in [5.41, 5.74) is 0.873. The number of hydrogen-bond donors (Lipinski definition) is 2. The molecular formula is C21H18N6O6. The standard InChI is InChI=1S/C21H18N6O6/c1-13(31-21-17(25-33-27-21)23-19(29)15-10-6-3-7-11-15)12-30-20-16(24-32-26-20)22-18(28)14-8-4-2-5-9-14/h2-11,13H,12H2,1H3,(H,22,24,28)(H,23,25,29). The fourth-order valence-corrected chi connectivity index (χ4v) is 2.65. The quantitative estimate of drug-likeness (QED) is 0.389. The Morgan fingerprint density at radius 1 is 0.788 bits per heavy atom. The van der Waals surface area contributed by atoms with Crippen LogP contribution in [0.15, 0.2) is 69.9 Å². The number of benzene rings is 2. The third-order valence-electron chi connectivity index (χ3n) is 4.22. The first-order valence-electron chi connectivity index (χ1n) is 9.77. The van der Waals surface area contributed by atoms with E-state index in [1.165, 1.54) is 0 Å². The highest BCUT2D eigenvalue weighted by Gasteiger charge is 2.20. The van der Waals surface area contributed by atoms with Crippen LogP contribution in [0.1, 0.15) is 27.6 Å². The van der Waals surface area contributed by atoms with Crippen LogP contribution in [0.3, 0.4) is 0 Å². The maximum absolute atomic E-state index is 12.3. The number of anilines is 2. The van der Waals surface area contributed by atoms with Crippen molar-refractivity contribution in [2.75, 3.05) is 17.2 Å². The average Bonchev–Trinajstić information content (AvgIpc) is 3.48. The minimum absolute atomic E-state index is 0.0125. The van der Waals surface area contributed by atoms with Gasteiger partial charge in [0.15, 0.2) is 0 Å². The smallest absolute Gasteiger partial charge is 0.301 e. The molecule has 4 rings (SSSR count). The zero-order chi connectivity index (χ0) is 23.0. The highest BCUT2D eigenvalue weighted by atomic mass is 16.6. The Morgan fingerprint density at radius 3 is 1.82 bits per heavy atom. The number of ether oxygens (including phenoxy) is 2. The van der Waals surface area contributed by atoms with Gasteiger partial charge in [-0.05, 0) is 51.8 Å². The predicted octanol–water partition coefficient (Wildman–Crippen LogP) is 2.80. The van der Waals surface area contributed by atoms with Crippen molar-refractivity contribution < 1.29 is 28.3 Å². The van der Waals surface area contributed by atoms with Crippen molar-refractivity contribution in [1.29, 1.82) is 0 Å². The zero-order valence-electron chi connectivity index (χ0n) is 17.3. The molecule has 12 heteroatoms. The fraction of sp³-hybridized carbons (Fsp3) is 0.143. The van der Waals surface area contributed by atoms with Crippen molar-refractivity contribution in [3.63, 3.8) is 0 Å². The second-order valence-corrected chi connectivity index (χ2v) is 6.72. The molecular weight excluding hydrogens is 432 g/mol. The minimum atomic E-state index is -0.571. The van der Waals surface area contributed by atoms with Crippen LogP contribution >= 0.6 is 0 Å². The summed E-state index contributed by atoms with van der Waals surface area (Å²) in [4.78, 5) is 24.6. The van der Waals surface area contributed by atoms with Crippen molar-refractivity contribution in [1.82, 2.24) is 20.6 Å². The number of aromatic nitrogens is 4. The van der Waals surface area contributed by atoms with Crippen LogP contribution in [0.25, 0.3) is 0 Å². The van der Waals surface area contributed by atoms with E-state index in [4.69, 9.17) is 9.47 Å². The Hall–Kier alpha value is -4.74. The molecule has 33 heavy (non-hydrogen) atoms. The number of rotatable bonds is 9. The second-order valence-electron chi connectivity index (χ2n) is 6.72. The first kappa shape index (κ1) is 21.5. The molecule has 0 radical (unpaired) electrons. The molecule has 2 aromatic heterocycles. The number of amides is 2. The summed E-state index contributed by atoms with van der Waals surface area (Å²) >= 11 is 0. The van der Waals surface area contributed by atoms with Gasteiger partial charge in [0.25, 0.3) is 11.8 Å². The van der Waals surface area contributed by atoms with Crippen molar-refractivity contribution in [2.45, 2.75) is 13.0 Å². The molecule has 2 heterocycles. The van der Waals surface area contributed by atoms with E-state index < -0.39 is 17.9 Å². The molecule has 1 unspecified atom stereocenters. The van der Waals surface area contributed by atoms with Gasteiger partial charge in [-0.3, -0.25) is 20.2 Å². The third-order valence-corrected chi connectivity index (χ3v) is 4.22. The maximum Gasteiger partial charge on any atom is 0.301 e. The first-order valence-corrected chi connectivity index (χ1v) is 9.77. The fourth-order valence-electron chi connectivity index (χ4n) is 2.65. The number of nitrogens with one attached hydrogen (secondary N) is 2. The average molecular weight is 450 g/mol. The summed E-state index contributed by atoms with van der Waals surface area (Å²) in [6.07, 6.45) is -0.571. The van der Waals surface area contributed by atoms with Crippen molar-refractivity contribution >= 4 is 23.5 Å². The summed E-state index contributed by atoms with van der Waals surface area (Å²) in [5.74, 6) is -0.790. The van der Waals surface area contributed by atoms with Gasteiger partial charge in [-0.25, -0.2) is 9.26 Å². The van der Waals surface area contributed by atoms with Crippen LogP contribution in [0.2, 0.25) is 0 Å². The Labute approximate surface area is 186 Å². The normalized spacial score (nSPS) is 11.4.